The largest absolute Gasteiger partial charge is 0.385 e. The van der Waals surface area contributed by atoms with Crippen LogP contribution < -0.4 is 11.3 Å². The molecule has 0 saturated carbocycles. The SMILES string of the molecule is CC(C)c1cc(N)[nH]c(=O)c1C#N. The summed E-state index contributed by atoms with van der Waals surface area (Å²) >= 11 is 0. The summed E-state index contributed by atoms with van der Waals surface area (Å²) in [5.41, 5.74) is 5.90. The zero-order valence-corrected chi connectivity index (χ0v) is 7.59. The number of aromatic amines is 1. The van der Waals surface area contributed by atoms with E-state index < -0.39 is 5.56 Å². The van der Waals surface area contributed by atoms with E-state index in [0.717, 1.165) is 0 Å². The molecule has 0 bridgehead atoms. The summed E-state index contributed by atoms with van der Waals surface area (Å²) in [6.45, 7) is 3.82. The smallest absolute Gasteiger partial charge is 0.267 e. The van der Waals surface area contributed by atoms with Crippen molar-refractivity contribution in [3.05, 3.63) is 27.5 Å². The van der Waals surface area contributed by atoms with Crippen molar-refractivity contribution in [2.24, 2.45) is 0 Å². The summed E-state index contributed by atoms with van der Waals surface area (Å²) in [6.07, 6.45) is 0. The standard InChI is InChI=1S/C9H11N3O/c1-5(2)6-3-8(11)12-9(13)7(6)4-10/h3,5H,1-2H3,(H3,11,12,13). The summed E-state index contributed by atoms with van der Waals surface area (Å²) in [5.74, 6) is 0.423. The van der Waals surface area contributed by atoms with E-state index in [9.17, 15) is 4.79 Å². The van der Waals surface area contributed by atoms with Crippen molar-refractivity contribution < 1.29 is 0 Å². The van der Waals surface area contributed by atoms with Gasteiger partial charge in [-0.05, 0) is 17.5 Å². The predicted molar refractivity (Wildman–Crippen MR) is 50.3 cm³/mol. The number of hydrogen-bond donors (Lipinski definition) is 2. The number of pyridine rings is 1. The van der Waals surface area contributed by atoms with Crippen LogP contribution in [0.5, 0.6) is 0 Å². The Kier molecular flexibility index (Phi) is 2.38. The summed E-state index contributed by atoms with van der Waals surface area (Å²) in [4.78, 5) is 13.6. The molecule has 4 heteroatoms. The molecule has 13 heavy (non-hydrogen) atoms. The fourth-order valence-electron chi connectivity index (χ4n) is 1.17. The van der Waals surface area contributed by atoms with Gasteiger partial charge in [-0.15, -0.1) is 0 Å². The number of nitrogens with one attached hydrogen (secondary N) is 1. The average Bonchev–Trinajstić information content (AvgIpc) is 2.02. The minimum atomic E-state index is -0.411. The third kappa shape index (κ3) is 1.70. The number of nitriles is 1. The molecular weight excluding hydrogens is 166 g/mol. The van der Waals surface area contributed by atoms with Crippen LogP contribution >= 0.6 is 0 Å². The van der Waals surface area contributed by atoms with E-state index in [4.69, 9.17) is 11.0 Å². The number of nitrogens with zero attached hydrogens (tertiary/aromatic N) is 1. The van der Waals surface area contributed by atoms with Gasteiger partial charge >= 0.3 is 0 Å². The van der Waals surface area contributed by atoms with Gasteiger partial charge < -0.3 is 10.7 Å². The van der Waals surface area contributed by atoms with Crippen LogP contribution in [0.3, 0.4) is 0 Å². The third-order valence-corrected chi connectivity index (χ3v) is 1.82. The van der Waals surface area contributed by atoms with Gasteiger partial charge in [-0.25, -0.2) is 0 Å². The Labute approximate surface area is 76.0 Å². The molecule has 1 aromatic heterocycles. The van der Waals surface area contributed by atoms with Crippen molar-refractivity contribution in [2.75, 3.05) is 5.73 Å². The van der Waals surface area contributed by atoms with E-state index in [1.807, 2.05) is 19.9 Å². The highest BCUT2D eigenvalue weighted by Crippen LogP contribution is 2.17. The van der Waals surface area contributed by atoms with Gasteiger partial charge in [0.1, 0.15) is 17.5 Å². The fraction of sp³-hybridized carbons (Fsp3) is 0.333. The monoisotopic (exact) mass is 177 g/mol. The molecule has 0 radical (unpaired) electrons. The molecule has 0 aliphatic carbocycles. The van der Waals surface area contributed by atoms with Crippen molar-refractivity contribution in [3.8, 4) is 6.07 Å². The zero-order chi connectivity index (χ0) is 10.0. The lowest BCUT2D eigenvalue weighted by molar-refractivity contribution is 0.855. The minimum absolute atomic E-state index is 0.124. The van der Waals surface area contributed by atoms with E-state index >= 15 is 0 Å². The maximum atomic E-state index is 11.2. The number of hydrogen-bond acceptors (Lipinski definition) is 3. The van der Waals surface area contributed by atoms with Crippen LogP contribution in [0.4, 0.5) is 5.82 Å². The Bertz CT molecular complexity index is 412. The molecule has 3 N–H and O–H groups in total. The summed E-state index contributed by atoms with van der Waals surface area (Å²) in [7, 11) is 0. The topological polar surface area (TPSA) is 82.7 Å². The molecule has 0 fully saturated rings. The Morgan fingerprint density at radius 3 is 2.69 bits per heavy atom. The van der Waals surface area contributed by atoms with Crippen LogP contribution in [0.1, 0.15) is 30.9 Å². The molecule has 1 aromatic rings. The van der Waals surface area contributed by atoms with Crippen molar-refractivity contribution in [1.82, 2.24) is 4.98 Å². The highest BCUT2D eigenvalue weighted by molar-refractivity contribution is 5.44. The molecule has 0 aliphatic rings. The lowest BCUT2D eigenvalue weighted by Crippen LogP contribution is -2.15. The number of H-pyrrole nitrogens is 1. The third-order valence-electron chi connectivity index (χ3n) is 1.82. The predicted octanol–water partition coefficient (Wildman–Crippen LogP) is 0.952. The number of nitrogen functional groups attached to an aromatic ring is 1. The van der Waals surface area contributed by atoms with Crippen LogP contribution in [-0.2, 0) is 0 Å². The molecule has 1 rings (SSSR count). The van der Waals surface area contributed by atoms with Crippen LogP contribution in [0.15, 0.2) is 10.9 Å². The van der Waals surface area contributed by atoms with Gasteiger partial charge in [-0.3, -0.25) is 4.79 Å². The summed E-state index contributed by atoms with van der Waals surface area (Å²) < 4.78 is 0. The van der Waals surface area contributed by atoms with Crippen LogP contribution in [0, 0.1) is 11.3 Å². The first-order valence-electron chi connectivity index (χ1n) is 3.99. The molecule has 0 unspecified atom stereocenters. The first-order chi connectivity index (χ1) is 6.06. The molecule has 68 valence electrons. The van der Waals surface area contributed by atoms with Gasteiger partial charge in [-0.1, -0.05) is 13.8 Å². The fourth-order valence-corrected chi connectivity index (χ4v) is 1.17. The molecule has 0 aliphatic heterocycles. The lowest BCUT2D eigenvalue weighted by Gasteiger charge is -2.07. The number of aromatic nitrogens is 1. The van der Waals surface area contributed by atoms with Crippen molar-refractivity contribution in [1.29, 1.82) is 5.26 Å². The summed E-state index contributed by atoms with van der Waals surface area (Å²) in [5, 5.41) is 8.73. The second kappa shape index (κ2) is 3.31. The van der Waals surface area contributed by atoms with E-state index in [1.54, 1.807) is 6.07 Å². The van der Waals surface area contributed by atoms with Crippen LogP contribution in [-0.4, -0.2) is 4.98 Å². The van der Waals surface area contributed by atoms with Crippen LogP contribution in [0.2, 0.25) is 0 Å². The number of rotatable bonds is 1. The van der Waals surface area contributed by atoms with Gasteiger partial charge in [0, 0.05) is 0 Å². The molecule has 0 saturated heterocycles. The van der Waals surface area contributed by atoms with E-state index in [0.29, 0.717) is 11.4 Å². The maximum Gasteiger partial charge on any atom is 0.267 e. The van der Waals surface area contributed by atoms with Crippen molar-refractivity contribution in [3.63, 3.8) is 0 Å². The summed E-state index contributed by atoms with van der Waals surface area (Å²) in [6, 6.07) is 3.50. The molecule has 0 amide bonds. The Hall–Kier alpha value is -1.76. The average molecular weight is 177 g/mol. The molecular formula is C9H11N3O. The van der Waals surface area contributed by atoms with Crippen molar-refractivity contribution >= 4 is 5.82 Å². The van der Waals surface area contributed by atoms with Gasteiger partial charge in [0.2, 0.25) is 0 Å². The van der Waals surface area contributed by atoms with Gasteiger partial charge in [0.25, 0.3) is 5.56 Å². The Morgan fingerprint density at radius 1 is 1.62 bits per heavy atom. The highest BCUT2D eigenvalue weighted by atomic mass is 16.1. The van der Waals surface area contributed by atoms with Gasteiger partial charge in [0.15, 0.2) is 0 Å². The number of nitrogens with two attached hydrogens (primary N) is 1. The van der Waals surface area contributed by atoms with E-state index in [1.165, 1.54) is 0 Å². The Balaban J connectivity index is 3.50. The van der Waals surface area contributed by atoms with Crippen LogP contribution in [0.25, 0.3) is 0 Å². The first kappa shape index (κ1) is 9.33. The van der Waals surface area contributed by atoms with Crippen molar-refractivity contribution in [2.45, 2.75) is 19.8 Å². The zero-order valence-electron chi connectivity index (χ0n) is 7.59. The highest BCUT2D eigenvalue weighted by Gasteiger charge is 2.10. The second-order valence-corrected chi connectivity index (χ2v) is 3.15. The van der Waals surface area contributed by atoms with Gasteiger partial charge in [0.05, 0.1) is 0 Å². The van der Waals surface area contributed by atoms with E-state index in [2.05, 4.69) is 4.98 Å². The second-order valence-electron chi connectivity index (χ2n) is 3.15. The normalized spacial score (nSPS) is 10.0. The molecule has 0 aromatic carbocycles. The Morgan fingerprint density at radius 2 is 2.23 bits per heavy atom. The molecule has 1 heterocycles. The lowest BCUT2D eigenvalue weighted by atomic mass is 9.99. The quantitative estimate of drug-likeness (QED) is 0.670. The molecule has 0 atom stereocenters. The maximum absolute atomic E-state index is 11.2. The van der Waals surface area contributed by atoms with Gasteiger partial charge in [-0.2, -0.15) is 5.26 Å². The van der Waals surface area contributed by atoms with E-state index in [-0.39, 0.29) is 11.5 Å². The first-order valence-corrected chi connectivity index (χ1v) is 3.99. The molecule has 4 nitrogen and oxygen atoms in total. The molecule has 0 spiro atoms. The number of anilines is 1. The minimum Gasteiger partial charge on any atom is -0.385 e.